The van der Waals surface area contributed by atoms with Crippen LogP contribution in [0.2, 0.25) is 0 Å². The quantitative estimate of drug-likeness (QED) is 0.852. The van der Waals surface area contributed by atoms with Gasteiger partial charge in [-0.1, -0.05) is 25.1 Å². The molecule has 0 saturated heterocycles. The van der Waals surface area contributed by atoms with Gasteiger partial charge in [0.1, 0.15) is 12.3 Å². The Morgan fingerprint density at radius 1 is 1.55 bits per heavy atom. The van der Waals surface area contributed by atoms with Crippen LogP contribution in [-0.2, 0) is 16.1 Å². The molecular formula is C14H18N2O3S. The van der Waals surface area contributed by atoms with Gasteiger partial charge in [-0.25, -0.2) is 0 Å². The van der Waals surface area contributed by atoms with Crippen molar-refractivity contribution in [3.05, 3.63) is 29.3 Å². The second-order valence-electron chi connectivity index (χ2n) is 4.85. The SMILES string of the molecule is CC(C)CNC(=O)COCc1cc(-c2cccs2)on1. The molecule has 2 heterocycles. The summed E-state index contributed by atoms with van der Waals surface area (Å²) in [6, 6.07) is 5.75. The first-order chi connectivity index (χ1) is 9.65. The Morgan fingerprint density at radius 3 is 3.10 bits per heavy atom. The Balaban J connectivity index is 1.73. The van der Waals surface area contributed by atoms with Crippen molar-refractivity contribution in [1.29, 1.82) is 0 Å². The summed E-state index contributed by atoms with van der Waals surface area (Å²) >= 11 is 1.59. The lowest BCUT2D eigenvalue weighted by Crippen LogP contribution is -2.30. The molecular weight excluding hydrogens is 276 g/mol. The Bertz CT molecular complexity index is 534. The monoisotopic (exact) mass is 294 g/mol. The molecule has 0 radical (unpaired) electrons. The van der Waals surface area contributed by atoms with Crippen molar-refractivity contribution in [1.82, 2.24) is 10.5 Å². The van der Waals surface area contributed by atoms with E-state index < -0.39 is 0 Å². The zero-order valence-electron chi connectivity index (χ0n) is 11.6. The van der Waals surface area contributed by atoms with Crippen molar-refractivity contribution in [3.8, 4) is 10.6 Å². The molecule has 20 heavy (non-hydrogen) atoms. The van der Waals surface area contributed by atoms with E-state index in [2.05, 4.69) is 10.5 Å². The molecule has 0 fully saturated rings. The maximum Gasteiger partial charge on any atom is 0.246 e. The number of thiophene rings is 1. The maximum absolute atomic E-state index is 11.5. The standard InChI is InChI=1S/C14H18N2O3S/c1-10(2)7-15-14(17)9-18-8-11-6-12(19-16-11)13-4-3-5-20-13/h3-6,10H,7-9H2,1-2H3,(H,15,17). The fourth-order valence-corrected chi connectivity index (χ4v) is 2.21. The normalized spacial score (nSPS) is 10.9. The fourth-order valence-electron chi connectivity index (χ4n) is 1.53. The topological polar surface area (TPSA) is 64.4 Å². The summed E-state index contributed by atoms with van der Waals surface area (Å²) in [5, 5.41) is 8.69. The highest BCUT2D eigenvalue weighted by molar-refractivity contribution is 7.13. The maximum atomic E-state index is 11.5. The van der Waals surface area contributed by atoms with E-state index >= 15 is 0 Å². The van der Waals surface area contributed by atoms with Crippen LogP contribution in [0.25, 0.3) is 10.6 Å². The number of aromatic nitrogens is 1. The van der Waals surface area contributed by atoms with E-state index in [-0.39, 0.29) is 19.1 Å². The molecule has 0 unspecified atom stereocenters. The molecule has 0 aliphatic heterocycles. The third-order valence-corrected chi connectivity index (χ3v) is 3.40. The molecule has 0 atom stereocenters. The number of carbonyl (C=O) groups is 1. The summed E-state index contributed by atoms with van der Waals surface area (Å²) in [5.41, 5.74) is 0.685. The second-order valence-corrected chi connectivity index (χ2v) is 5.80. The Kier molecular flexibility index (Phi) is 5.31. The first-order valence-electron chi connectivity index (χ1n) is 6.49. The highest BCUT2D eigenvalue weighted by Gasteiger charge is 2.08. The lowest BCUT2D eigenvalue weighted by atomic mass is 10.2. The fraction of sp³-hybridized carbons (Fsp3) is 0.429. The van der Waals surface area contributed by atoms with Crippen molar-refractivity contribution in [2.45, 2.75) is 20.5 Å². The van der Waals surface area contributed by atoms with Gasteiger partial charge < -0.3 is 14.6 Å². The summed E-state index contributed by atoms with van der Waals surface area (Å²) in [7, 11) is 0. The van der Waals surface area contributed by atoms with Gasteiger partial charge in [0.05, 0.1) is 11.5 Å². The van der Waals surface area contributed by atoms with E-state index in [0.29, 0.717) is 18.2 Å². The zero-order valence-corrected chi connectivity index (χ0v) is 12.4. The molecule has 0 spiro atoms. The van der Waals surface area contributed by atoms with Gasteiger partial charge in [0, 0.05) is 12.6 Å². The molecule has 0 aromatic carbocycles. The van der Waals surface area contributed by atoms with Crippen LogP contribution in [0.15, 0.2) is 28.1 Å². The number of carbonyl (C=O) groups excluding carboxylic acids is 1. The molecule has 0 aliphatic rings. The van der Waals surface area contributed by atoms with Gasteiger partial charge in [0.2, 0.25) is 5.91 Å². The van der Waals surface area contributed by atoms with Crippen LogP contribution in [0.4, 0.5) is 0 Å². The third kappa shape index (κ3) is 4.47. The van der Waals surface area contributed by atoms with Gasteiger partial charge in [-0.3, -0.25) is 4.79 Å². The van der Waals surface area contributed by atoms with Crippen LogP contribution in [0.3, 0.4) is 0 Å². The average Bonchev–Trinajstić information content (AvgIpc) is 3.06. The summed E-state index contributed by atoms with van der Waals surface area (Å²) in [5.74, 6) is 1.05. The Hall–Kier alpha value is -1.66. The van der Waals surface area contributed by atoms with Crippen molar-refractivity contribution < 1.29 is 14.1 Å². The van der Waals surface area contributed by atoms with E-state index in [1.165, 1.54) is 0 Å². The van der Waals surface area contributed by atoms with E-state index in [0.717, 1.165) is 10.6 Å². The molecule has 2 aromatic heterocycles. The summed E-state index contributed by atoms with van der Waals surface area (Å²) in [6.45, 7) is 5.05. The molecule has 6 heteroatoms. The molecule has 0 bridgehead atoms. The van der Waals surface area contributed by atoms with Crippen LogP contribution < -0.4 is 5.32 Å². The van der Waals surface area contributed by atoms with Crippen LogP contribution >= 0.6 is 11.3 Å². The largest absolute Gasteiger partial charge is 0.365 e. The molecule has 2 rings (SSSR count). The van der Waals surface area contributed by atoms with Gasteiger partial charge in [-0.2, -0.15) is 0 Å². The molecule has 1 N–H and O–H groups in total. The minimum Gasteiger partial charge on any atom is -0.365 e. The van der Waals surface area contributed by atoms with Gasteiger partial charge in [0.15, 0.2) is 5.76 Å². The smallest absolute Gasteiger partial charge is 0.246 e. The first kappa shape index (κ1) is 14.7. The number of ether oxygens (including phenoxy) is 1. The van der Waals surface area contributed by atoms with E-state index in [9.17, 15) is 4.79 Å². The molecule has 108 valence electrons. The van der Waals surface area contributed by atoms with E-state index in [4.69, 9.17) is 9.26 Å². The van der Waals surface area contributed by atoms with Gasteiger partial charge in [-0.15, -0.1) is 11.3 Å². The van der Waals surface area contributed by atoms with Crippen LogP contribution in [-0.4, -0.2) is 24.2 Å². The summed E-state index contributed by atoms with van der Waals surface area (Å²) < 4.78 is 10.5. The van der Waals surface area contributed by atoms with Crippen molar-refractivity contribution >= 4 is 17.2 Å². The Morgan fingerprint density at radius 2 is 2.40 bits per heavy atom. The van der Waals surface area contributed by atoms with E-state index in [1.807, 2.05) is 37.4 Å². The summed E-state index contributed by atoms with van der Waals surface area (Å²) in [6.07, 6.45) is 0. The zero-order chi connectivity index (χ0) is 14.4. The average molecular weight is 294 g/mol. The van der Waals surface area contributed by atoms with Crippen LogP contribution in [0, 0.1) is 5.92 Å². The highest BCUT2D eigenvalue weighted by atomic mass is 32.1. The van der Waals surface area contributed by atoms with Crippen molar-refractivity contribution in [2.75, 3.05) is 13.2 Å². The van der Waals surface area contributed by atoms with Crippen molar-refractivity contribution in [3.63, 3.8) is 0 Å². The van der Waals surface area contributed by atoms with Crippen LogP contribution in [0.5, 0.6) is 0 Å². The first-order valence-corrected chi connectivity index (χ1v) is 7.37. The van der Waals surface area contributed by atoms with E-state index in [1.54, 1.807) is 11.3 Å². The molecule has 1 amide bonds. The highest BCUT2D eigenvalue weighted by Crippen LogP contribution is 2.25. The minimum atomic E-state index is -0.110. The predicted molar refractivity (Wildman–Crippen MR) is 77.3 cm³/mol. The number of hydrogen-bond acceptors (Lipinski definition) is 5. The predicted octanol–water partition coefficient (Wildman–Crippen LogP) is 2.69. The number of nitrogens with one attached hydrogen (secondary N) is 1. The lowest BCUT2D eigenvalue weighted by molar-refractivity contribution is -0.126. The molecule has 0 aliphatic carbocycles. The Labute approximate surface area is 121 Å². The third-order valence-electron chi connectivity index (χ3n) is 2.51. The molecule has 0 saturated carbocycles. The lowest BCUT2D eigenvalue weighted by Gasteiger charge is -2.07. The number of rotatable bonds is 7. The number of amides is 1. The number of nitrogens with zero attached hydrogens (tertiary/aromatic N) is 1. The molecule has 5 nitrogen and oxygen atoms in total. The summed E-state index contributed by atoms with van der Waals surface area (Å²) in [4.78, 5) is 12.5. The van der Waals surface area contributed by atoms with Gasteiger partial charge in [0.25, 0.3) is 0 Å². The minimum absolute atomic E-state index is 0.0356. The molecule has 2 aromatic rings. The van der Waals surface area contributed by atoms with Crippen LogP contribution in [0.1, 0.15) is 19.5 Å². The van der Waals surface area contributed by atoms with Gasteiger partial charge in [-0.05, 0) is 17.4 Å². The number of hydrogen-bond donors (Lipinski definition) is 1. The second kappa shape index (κ2) is 7.21. The van der Waals surface area contributed by atoms with Gasteiger partial charge >= 0.3 is 0 Å². The van der Waals surface area contributed by atoms with Crippen molar-refractivity contribution in [2.24, 2.45) is 5.92 Å².